The highest BCUT2D eigenvalue weighted by molar-refractivity contribution is 6.27. The highest BCUT2D eigenvalue weighted by atomic mass is 16.3. The number of rotatable bonds is 5. The zero-order valence-electron chi connectivity index (χ0n) is 30.0. The number of hydrogen-bond acceptors (Lipinski definition) is 3. The van der Waals surface area contributed by atoms with Crippen molar-refractivity contribution >= 4 is 65.6 Å². The first-order valence-electron chi connectivity index (χ1n) is 18.9. The number of aromatic nitrogens is 5. The van der Waals surface area contributed by atoms with Gasteiger partial charge in [-0.3, -0.25) is 0 Å². The largest absolute Gasteiger partial charge is 0.456 e. The van der Waals surface area contributed by atoms with E-state index in [2.05, 4.69) is 167 Å². The van der Waals surface area contributed by atoms with Gasteiger partial charge in [0.2, 0.25) is 0 Å². The molecule has 0 aliphatic rings. The molecule has 262 valence electrons. The Balaban J connectivity index is 1.11. The minimum absolute atomic E-state index is 0.847. The van der Waals surface area contributed by atoms with Gasteiger partial charge in [-0.1, -0.05) is 133 Å². The molecule has 0 fully saturated rings. The SMILES string of the molecule is c1ccc(-c2nnn(-c3ccc4c(c3)c3ccccc3n4-c3ccccc3-n3c4ccccc4c4c5c(ccc43)oc3ccccc35)c2-c2ccccc2)cc1. The number of nitrogens with zero attached hydrogens (tertiary/aromatic N) is 5. The molecule has 0 radical (unpaired) electrons. The zero-order chi connectivity index (χ0) is 36.7. The lowest BCUT2D eigenvalue weighted by Gasteiger charge is -2.16. The molecule has 0 unspecified atom stereocenters. The molecular formula is C50H31N5O. The van der Waals surface area contributed by atoms with Crippen LogP contribution in [0.5, 0.6) is 0 Å². The maximum absolute atomic E-state index is 6.38. The van der Waals surface area contributed by atoms with Gasteiger partial charge in [-0.05, 0) is 60.7 Å². The summed E-state index contributed by atoms with van der Waals surface area (Å²) in [5.41, 5.74) is 13.3. The molecule has 0 saturated heterocycles. The maximum Gasteiger partial charge on any atom is 0.136 e. The second-order valence-corrected chi connectivity index (χ2v) is 14.3. The first kappa shape index (κ1) is 30.7. The van der Waals surface area contributed by atoms with Crippen LogP contribution in [0.25, 0.3) is 105 Å². The van der Waals surface area contributed by atoms with Crippen molar-refractivity contribution in [2.75, 3.05) is 0 Å². The molecule has 12 rings (SSSR count). The summed E-state index contributed by atoms with van der Waals surface area (Å²) in [6, 6.07) is 66.2. The molecule has 6 nitrogen and oxygen atoms in total. The molecule has 4 aromatic heterocycles. The quantitative estimate of drug-likeness (QED) is 0.178. The van der Waals surface area contributed by atoms with Gasteiger partial charge in [0.25, 0.3) is 0 Å². The Morgan fingerprint density at radius 3 is 1.73 bits per heavy atom. The third-order valence-corrected chi connectivity index (χ3v) is 11.2. The van der Waals surface area contributed by atoms with E-state index in [9.17, 15) is 0 Å². The molecule has 0 aliphatic heterocycles. The summed E-state index contributed by atoms with van der Waals surface area (Å²) in [7, 11) is 0. The van der Waals surface area contributed by atoms with Crippen molar-refractivity contribution in [1.29, 1.82) is 0 Å². The Morgan fingerprint density at radius 1 is 0.393 bits per heavy atom. The Morgan fingerprint density at radius 2 is 0.964 bits per heavy atom. The minimum atomic E-state index is 0.847. The van der Waals surface area contributed by atoms with Crippen molar-refractivity contribution in [3.05, 3.63) is 188 Å². The minimum Gasteiger partial charge on any atom is -0.456 e. The molecule has 4 heterocycles. The topological polar surface area (TPSA) is 53.7 Å². The van der Waals surface area contributed by atoms with E-state index in [4.69, 9.17) is 14.7 Å². The van der Waals surface area contributed by atoms with Crippen LogP contribution in [0.2, 0.25) is 0 Å². The van der Waals surface area contributed by atoms with Crippen LogP contribution < -0.4 is 0 Å². The average molecular weight is 718 g/mol. The van der Waals surface area contributed by atoms with Crippen molar-refractivity contribution in [2.24, 2.45) is 0 Å². The molecule has 0 saturated carbocycles. The molecule has 0 aliphatic carbocycles. The number of benzene rings is 8. The summed E-state index contributed by atoms with van der Waals surface area (Å²) in [4.78, 5) is 0. The van der Waals surface area contributed by atoms with Gasteiger partial charge >= 0.3 is 0 Å². The zero-order valence-corrected chi connectivity index (χ0v) is 30.0. The average Bonchev–Trinajstić information content (AvgIpc) is 4.03. The van der Waals surface area contributed by atoms with Crippen molar-refractivity contribution in [2.45, 2.75) is 0 Å². The summed E-state index contributed by atoms with van der Waals surface area (Å²) < 4.78 is 13.2. The summed E-state index contributed by atoms with van der Waals surface area (Å²) in [6.07, 6.45) is 0. The van der Waals surface area contributed by atoms with Crippen LogP contribution in [0, 0.1) is 0 Å². The van der Waals surface area contributed by atoms with Crippen LogP contribution in [0.15, 0.2) is 192 Å². The van der Waals surface area contributed by atoms with E-state index in [0.29, 0.717) is 0 Å². The molecule has 0 amide bonds. The van der Waals surface area contributed by atoms with Gasteiger partial charge in [-0.2, -0.15) is 0 Å². The third-order valence-electron chi connectivity index (χ3n) is 11.2. The second-order valence-electron chi connectivity index (χ2n) is 14.3. The van der Waals surface area contributed by atoms with E-state index in [-0.39, 0.29) is 0 Å². The maximum atomic E-state index is 6.38. The summed E-state index contributed by atoms with van der Waals surface area (Å²) in [5, 5.41) is 16.5. The van der Waals surface area contributed by atoms with Crippen LogP contribution in [0.1, 0.15) is 0 Å². The van der Waals surface area contributed by atoms with Gasteiger partial charge in [0, 0.05) is 43.4 Å². The van der Waals surface area contributed by atoms with Crippen LogP contribution in [-0.2, 0) is 0 Å². The van der Waals surface area contributed by atoms with Crippen molar-refractivity contribution in [3.8, 4) is 39.6 Å². The Labute approximate surface area is 320 Å². The molecule has 6 heteroatoms. The van der Waals surface area contributed by atoms with E-state index in [1.807, 2.05) is 35.0 Å². The van der Waals surface area contributed by atoms with Gasteiger partial charge in [0.15, 0.2) is 0 Å². The van der Waals surface area contributed by atoms with E-state index < -0.39 is 0 Å². The number of para-hydroxylation sites is 5. The van der Waals surface area contributed by atoms with E-state index >= 15 is 0 Å². The van der Waals surface area contributed by atoms with Crippen LogP contribution >= 0.6 is 0 Å². The number of fused-ring (bicyclic) bond motifs is 10. The number of hydrogen-bond donors (Lipinski definition) is 0. The van der Waals surface area contributed by atoms with Crippen LogP contribution in [0.4, 0.5) is 0 Å². The molecule has 8 aromatic carbocycles. The van der Waals surface area contributed by atoms with Crippen molar-refractivity contribution < 1.29 is 4.42 Å². The highest BCUT2D eigenvalue weighted by Crippen LogP contribution is 2.43. The molecule has 0 N–H and O–H groups in total. The summed E-state index contributed by atoms with van der Waals surface area (Å²) in [5.74, 6) is 0. The summed E-state index contributed by atoms with van der Waals surface area (Å²) in [6.45, 7) is 0. The highest BCUT2D eigenvalue weighted by Gasteiger charge is 2.23. The van der Waals surface area contributed by atoms with Crippen LogP contribution in [-0.4, -0.2) is 24.1 Å². The van der Waals surface area contributed by atoms with E-state index in [0.717, 1.165) is 94.4 Å². The molecule has 56 heavy (non-hydrogen) atoms. The van der Waals surface area contributed by atoms with Gasteiger partial charge in [-0.25, -0.2) is 4.68 Å². The third kappa shape index (κ3) is 4.38. The second kappa shape index (κ2) is 11.9. The van der Waals surface area contributed by atoms with Gasteiger partial charge in [0.1, 0.15) is 22.6 Å². The van der Waals surface area contributed by atoms with E-state index in [1.165, 1.54) is 10.8 Å². The molecule has 0 spiro atoms. The molecule has 0 bridgehead atoms. The Kier molecular flexibility index (Phi) is 6.53. The molecule has 0 atom stereocenters. The Bertz CT molecular complexity index is 3480. The van der Waals surface area contributed by atoms with Crippen LogP contribution in [0.3, 0.4) is 0 Å². The standard InChI is InChI=1S/C50H31N5O/c1-3-15-32(16-4-1)49-50(33-17-5-2-6-18-33)55(52-51-49)34-27-28-41-38(31-34)35-19-7-10-22-39(35)53(41)42-24-12-13-25-43(42)54-40-23-11-8-20-36(40)47-44(54)29-30-46-48(47)37-21-9-14-26-45(37)56-46/h1-31H. The first-order valence-corrected chi connectivity index (χ1v) is 18.9. The predicted molar refractivity (Wildman–Crippen MR) is 228 cm³/mol. The van der Waals surface area contributed by atoms with E-state index in [1.54, 1.807) is 0 Å². The fourth-order valence-corrected chi connectivity index (χ4v) is 8.84. The number of furan rings is 1. The smallest absolute Gasteiger partial charge is 0.136 e. The lowest BCUT2D eigenvalue weighted by atomic mass is 10.0. The predicted octanol–water partition coefficient (Wildman–Crippen LogP) is 12.7. The first-order chi connectivity index (χ1) is 27.8. The van der Waals surface area contributed by atoms with Gasteiger partial charge in [-0.15, -0.1) is 5.10 Å². The Hall–Kier alpha value is -7.70. The fraction of sp³-hybridized carbons (Fsp3) is 0. The lowest BCUT2D eigenvalue weighted by molar-refractivity contribution is 0.669. The normalized spacial score (nSPS) is 11.9. The lowest BCUT2D eigenvalue weighted by Crippen LogP contribution is -2.03. The monoisotopic (exact) mass is 717 g/mol. The summed E-state index contributed by atoms with van der Waals surface area (Å²) >= 11 is 0. The molecular weight excluding hydrogens is 687 g/mol. The molecule has 12 aromatic rings. The van der Waals surface area contributed by atoms with Gasteiger partial charge in [0.05, 0.1) is 39.1 Å². The fourth-order valence-electron chi connectivity index (χ4n) is 8.84. The van der Waals surface area contributed by atoms with Crippen molar-refractivity contribution in [3.63, 3.8) is 0 Å². The van der Waals surface area contributed by atoms with Gasteiger partial charge < -0.3 is 13.6 Å². The van der Waals surface area contributed by atoms with Crippen molar-refractivity contribution in [1.82, 2.24) is 24.1 Å².